The Kier molecular flexibility index (Phi) is 2.32. The van der Waals surface area contributed by atoms with Crippen molar-refractivity contribution >= 4 is 17.5 Å². The van der Waals surface area contributed by atoms with E-state index in [4.69, 9.17) is 5.73 Å². The largest absolute Gasteiger partial charge is 0.384 e. The van der Waals surface area contributed by atoms with Crippen LogP contribution in [0, 0.1) is 0 Å². The first kappa shape index (κ1) is 9.20. The van der Waals surface area contributed by atoms with Crippen molar-refractivity contribution in [2.75, 3.05) is 11.1 Å². The van der Waals surface area contributed by atoms with Crippen molar-refractivity contribution in [3.8, 4) is 0 Å². The number of nitrogen functional groups attached to an aromatic ring is 1. The Balaban J connectivity index is 2.11. The van der Waals surface area contributed by atoms with E-state index in [1.807, 2.05) is 0 Å². The summed E-state index contributed by atoms with van der Waals surface area (Å²) in [6, 6.07) is 4.68. The predicted molar refractivity (Wildman–Crippen MR) is 53.1 cm³/mol. The average molecular weight is 204 g/mol. The number of pyridine rings is 1. The van der Waals surface area contributed by atoms with Crippen molar-refractivity contribution in [1.29, 1.82) is 0 Å². The molecule has 0 atom stereocenters. The Morgan fingerprint density at radius 3 is 2.87 bits per heavy atom. The fourth-order valence-corrected chi connectivity index (χ4v) is 1.01. The number of aromatic nitrogens is 2. The van der Waals surface area contributed by atoms with Crippen LogP contribution in [-0.2, 0) is 0 Å². The normalized spacial score (nSPS) is 9.87. The predicted octanol–water partition coefficient (Wildman–Crippen LogP) is 0.904. The molecule has 3 N–H and O–H groups in total. The van der Waals surface area contributed by atoms with E-state index in [0.717, 1.165) is 0 Å². The molecule has 2 heterocycles. The molecule has 0 aliphatic heterocycles. The molecule has 0 aliphatic carbocycles. The molecular weight excluding hydrogens is 196 g/mol. The van der Waals surface area contributed by atoms with Crippen molar-refractivity contribution in [3.05, 3.63) is 36.2 Å². The summed E-state index contributed by atoms with van der Waals surface area (Å²) in [5.41, 5.74) is 5.80. The Hall–Kier alpha value is -2.37. The molecule has 0 bridgehead atoms. The molecule has 0 radical (unpaired) electrons. The van der Waals surface area contributed by atoms with Crippen LogP contribution >= 0.6 is 0 Å². The Labute approximate surface area is 85.1 Å². The zero-order valence-corrected chi connectivity index (χ0v) is 7.68. The first-order valence-electron chi connectivity index (χ1n) is 4.19. The summed E-state index contributed by atoms with van der Waals surface area (Å²) in [6.07, 6.45) is 2.77. The number of nitrogens with zero attached hydrogens (tertiary/aromatic N) is 2. The van der Waals surface area contributed by atoms with Crippen molar-refractivity contribution < 1.29 is 9.32 Å². The molecule has 2 aromatic rings. The van der Waals surface area contributed by atoms with Gasteiger partial charge in [-0.05, 0) is 12.1 Å². The lowest BCUT2D eigenvalue weighted by Crippen LogP contribution is -2.12. The topological polar surface area (TPSA) is 94.0 Å². The molecule has 76 valence electrons. The Morgan fingerprint density at radius 2 is 2.27 bits per heavy atom. The number of carbonyl (C=O) groups excluding carboxylic acids is 1. The van der Waals surface area contributed by atoms with Gasteiger partial charge in [0.2, 0.25) is 0 Å². The molecule has 0 unspecified atom stereocenters. The summed E-state index contributed by atoms with van der Waals surface area (Å²) in [4.78, 5) is 15.4. The van der Waals surface area contributed by atoms with Crippen LogP contribution in [0.25, 0.3) is 0 Å². The molecule has 0 fully saturated rings. The van der Waals surface area contributed by atoms with Gasteiger partial charge in [0.15, 0.2) is 5.82 Å². The second kappa shape index (κ2) is 3.79. The summed E-state index contributed by atoms with van der Waals surface area (Å²) >= 11 is 0. The molecule has 2 aromatic heterocycles. The molecule has 0 aliphatic rings. The summed E-state index contributed by atoms with van der Waals surface area (Å²) < 4.78 is 4.57. The summed E-state index contributed by atoms with van der Waals surface area (Å²) in [7, 11) is 0. The number of hydrogen-bond acceptors (Lipinski definition) is 5. The lowest BCUT2D eigenvalue weighted by molar-refractivity contribution is 0.102. The molecule has 15 heavy (non-hydrogen) atoms. The first-order valence-corrected chi connectivity index (χ1v) is 4.19. The van der Waals surface area contributed by atoms with Crippen LogP contribution in [-0.4, -0.2) is 16.0 Å². The number of nitrogens with two attached hydrogens (primary N) is 1. The van der Waals surface area contributed by atoms with E-state index in [-0.39, 0.29) is 5.91 Å². The highest BCUT2D eigenvalue weighted by Gasteiger charge is 2.07. The molecule has 1 amide bonds. The maximum atomic E-state index is 11.5. The molecule has 6 nitrogen and oxygen atoms in total. The zero-order chi connectivity index (χ0) is 10.7. The summed E-state index contributed by atoms with van der Waals surface area (Å²) in [5.74, 6) is 0.418. The van der Waals surface area contributed by atoms with Crippen molar-refractivity contribution in [3.63, 3.8) is 0 Å². The van der Waals surface area contributed by atoms with Gasteiger partial charge >= 0.3 is 0 Å². The van der Waals surface area contributed by atoms with Gasteiger partial charge in [-0.1, -0.05) is 5.16 Å². The van der Waals surface area contributed by atoms with E-state index in [2.05, 4.69) is 20.0 Å². The molecule has 0 saturated heterocycles. The monoisotopic (exact) mass is 204 g/mol. The van der Waals surface area contributed by atoms with Crippen LogP contribution in [0.4, 0.5) is 11.6 Å². The van der Waals surface area contributed by atoms with E-state index < -0.39 is 0 Å². The third kappa shape index (κ3) is 2.11. The lowest BCUT2D eigenvalue weighted by Gasteiger charge is -2.00. The maximum absolute atomic E-state index is 11.5. The van der Waals surface area contributed by atoms with E-state index >= 15 is 0 Å². The molecule has 0 aromatic carbocycles. The minimum atomic E-state index is -0.309. The highest BCUT2D eigenvalue weighted by atomic mass is 16.5. The number of rotatable bonds is 2. The van der Waals surface area contributed by atoms with Gasteiger partial charge in [-0.2, -0.15) is 0 Å². The van der Waals surface area contributed by atoms with Crippen LogP contribution in [0.15, 0.2) is 35.2 Å². The summed E-state index contributed by atoms with van der Waals surface area (Å²) in [6.45, 7) is 0. The quantitative estimate of drug-likeness (QED) is 0.758. The number of anilines is 2. The van der Waals surface area contributed by atoms with Crippen LogP contribution in [0.1, 0.15) is 10.4 Å². The average Bonchev–Trinajstić information content (AvgIpc) is 2.71. The maximum Gasteiger partial charge on any atom is 0.258 e. The molecule has 0 saturated carbocycles. The van der Waals surface area contributed by atoms with Crippen LogP contribution in [0.5, 0.6) is 0 Å². The van der Waals surface area contributed by atoms with E-state index in [1.165, 1.54) is 12.5 Å². The van der Waals surface area contributed by atoms with Crippen molar-refractivity contribution in [1.82, 2.24) is 10.1 Å². The van der Waals surface area contributed by atoms with Crippen LogP contribution in [0.3, 0.4) is 0 Å². The minimum absolute atomic E-state index is 0.309. The highest BCUT2D eigenvalue weighted by molar-refractivity contribution is 6.03. The number of carbonyl (C=O) groups is 1. The van der Waals surface area contributed by atoms with E-state index in [1.54, 1.807) is 18.2 Å². The number of nitrogens with one attached hydrogen (secondary N) is 1. The van der Waals surface area contributed by atoms with Gasteiger partial charge in [0.25, 0.3) is 5.91 Å². The smallest absolute Gasteiger partial charge is 0.258 e. The molecule has 6 heteroatoms. The first-order chi connectivity index (χ1) is 7.25. The number of amides is 1. The second-order valence-corrected chi connectivity index (χ2v) is 2.81. The lowest BCUT2D eigenvalue weighted by atomic mass is 10.2. The van der Waals surface area contributed by atoms with E-state index in [0.29, 0.717) is 17.2 Å². The Bertz CT molecular complexity index is 449. The highest BCUT2D eigenvalue weighted by Crippen LogP contribution is 2.06. The van der Waals surface area contributed by atoms with Gasteiger partial charge in [0, 0.05) is 12.3 Å². The third-order valence-electron chi connectivity index (χ3n) is 1.73. The summed E-state index contributed by atoms with van der Waals surface area (Å²) in [5, 5.41) is 6.08. The third-order valence-corrected chi connectivity index (χ3v) is 1.73. The van der Waals surface area contributed by atoms with Gasteiger partial charge in [0.05, 0.1) is 5.56 Å². The standard InChI is InChI=1S/C9H8N4O2/c10-7-2-1-6(5-11-7)9(14)12-8-3-4-15-13-8/h1-5H,(H2,10,11)(H,12,13,14). The van der Waals surface area contributed by atoms with E-state index in [9.17, 15) is 4.79 Å². The molecular formula is C9H8N4O2. The molecule has 0 spiro atoms. The van der Waals surface area contributed by atoms with Crippen molar-refractivity contribution in [2.24, 2.45) is 0 Å². The second-order valence-electron chi connectivity index (χ2n) is 2.81. The fourth-order valence-electron chi connectivity index (χ4n) is 1.01. The van der Waals surface area contributed by atoms with Gasteiger partial charge in [-0.3, -0.25) is 4.79 Å². The van der Waals surface area contributed by atoms with Gasteiger partial charge in [0.1, 0.15) is 12.1 Å². The fraction of sp³-hybridized carbons (Fsp3) is 0. The SMILES string of the molecule is Nc1ccc(C(=O)Nc2ccon2)cn1. The number of hydrogen-bond donors (Lipinski definition) is 2. The van der Waals surface area contributed by atoms with Crippen molar-refractivity contribution in [2.45, 2.75) is 0 Å². The van der Waals surface area contributed by atoms with Crippen LogP contribution < -0.4 is 11.1 Å². The molecule has 2 rings (SSSR count). The van der Waals surface area contributed by atoms with Gasteiger partial charge < -0.3 is 15.6 Å². The van der Waals surface area contributed by atoms with Gasteiger partial charge in [-0.25, -0.2) is 4.98 Å². The zero-order valence-electron chi connectivity index (χ0n) is 7.68. The minimum Gasteiger partial charge on any atom is -0.384 e. The Morgan fingerprint density at radius 1 is 1.40 bits per heavy atom. The van der Waals surface area contributed by atoms with Crippen LogP contribution in [0.2, 0.25) is 0 Å². The van der Waals surface area contributed by atoms with Gasteiger partial charge in [-0.15, -0.1) is 0 Å².